The van der Waals surface area contributed by atoms with Gasteiger partial charge in [-0.2, -0.15) is 0 Å². The predicted octanol–water partition coefficient (Wildman–Crippen LogP) is 9.80. The van der Waals surface area contributed by atoms with Gasteiger partial charge in [-0.1, -0.05) is 116 Å². The molecular formula is C32H56O6. The minimum atomic E-state index is -1.42. The minimum absolute atomic E-state index is 0.00183. The van der Waals surface area contributed by atoms with Gasteiger partial charge in [-0.15, -0.1) is 0 Å². The van der Waals surface area contributed by atoms with Crippen molar-refractivity contribution in [3.63, 3.8) is 0 Å². The maximum absolute atomic E-state index is 10.7. The standard InChI is InChI=1S/C32H56O6/c1-3-5-7-9-15-19-26-36-30(37-27-20-16-10-8-6-4-2)25-18-14-12-11-13-17-22-28-23-21-24-29(31(28)33)38-32(34)35/h21,23-24,30,33H,3-20,22,25-27H2,1-2H3,(H,34,35). The summed E-state index contributed by atoms with van der Waals surface area (Å²) in [6.07, 6.45) is 22.1. The third kappa shape index (κ3) is 18.5. The first-order valence-electron chi connectivity index (χ1n) is 15.5. The van der Waals surface area contributed by atoms with Crippen molar-refractivity contribution in [1.82, 2.24) is 0 Å². The van der Waals surface area contributed by atoms with Crippen LogP contribution in [0, 0.1) is 0 Å². The number of carboxylic acid groups (broad SMARTS) is 1. The number of aryl methyl sites for hydroxylation is 1. The third-order valence-corrected chi connectivity index (χ3v) is 7.02. The molecule has 0 saturated heterocycles. The molecule has 220 valence electrons. The molecular weight excluding hydrogens is 480 g/mol. The van der Waals surface area contributed by atoms with E-state index in [1.807, 2.05) is 6.07 Å². The SMILES string of the molecule is CCCCCCCCOC(CCCCCCCCc1cccc(OC(=O)O)c1O)OCCCCCCCC. The lowest BCUT2D eigenvalue weighted by Crippen LogP contribution is -2.19. The average molecular weight is 537 g/mol. The second kappa shape index (κ2) is 24.3. The van der Waals surface area contributed by atoms with E-state index in [1.54, 1.807) is 6.07 Å². The highest BCUT2D eigenvalue weighted by molar-refractivity contribution is 5.63. The Morgan fingerprint density at radius 3 is 1.76 bits per heavy atom. The predicted molar refractivity (Wildman–Crippen MR) is 155 cm³/mol. The van der Waals surface area contributed by atoms with Crippen molar-refractivity contribution in [1.29, 1.82) is 0 Å². The Morgan fingerprint density at radius 1 is 0.711 bits per heavy atom. The highest BCUT2D eigenvalue weighted by atomic mass is 16.7. The van der Waals surface area contributed by atoms with E-state index in [-0.39, 0.29) is 17.8 Å². The number of hydrogen-bond acceptors (Lipinski definition) is 5. The number of rotatable bonds is 26. The van der Waals surface area contributed by atoms with Crippen molar-refractivity contribution >= 4 is 6.16 Å². The van der Waals surface area contributed by atoms with Gasteiger partial charge in [0.25, 0.3) is 0 Å². The van der Waals surface area contributed by atoms with Crippen molar-refractivity contribution in [2.24, 2.45) is 0 Å². The van der Waals surface area contributed by atoms with E-state index >= 15 is 0 Å². The lowest BCUT2D eigenvalue weighted by Gasteiger charge is -2.19. The van der Waals surface area contributed by atoms with Gasteiger partial charge < -0.3 is 24.4 Å². The third-order valence-electron chi connectivity index (χ3n) is 7.02. The van der Waals surface area contributed by atoms with Crippen LogP contribution in [0.4, 0.5) is 4.79 Å². The Kier molecular flexibility index (Phi) is 21.9. The van der Waals surface area contributed by atoms with Crippen LogP contribution in [-0.2, 0) is 15.9 Å². The first-order valence-corrected chi connectivity index (χ1v) is 15.5. The van der Waals surface area contributed by atoms with Gasteiger partial charge in [-0.3, -0.25) is 0 Å². The maximum Gasteiger partial charge on any atom is 0.511 e. The molecule has 0 radical (unpaired) electrons. The minimum Gasteiger partial charge on any atom is -0.504 e. The summed E-state index contributed by atoms with van der Waals surface area (Å²) in [6.45, 7) is 6.11. The molecule has 0 atom stereocenters. The van der Waals surface area contributed by atoms with E-state index in [0.29, 0.717) is 6.42 Å². The zero-order valence-corrected chi connectivity index (χ0v) is 24.4. The fourth-order valence-corrected chi connectivity index (χ4v) is 4.69. The summed E-state index contributed by atoms with van der Waals surface area (Å²) in [5.74, 6) is -0.0650. The van der Waals surface area contributed by atoms with E-state index < -0.39 is 6.16 Å². The van der Waals surface area contributed by atoms with Crippen LogP contribution in [0.2, 0.25) is 0 Å². The Morgan fingerprint density at radius 2 is 1.21 bits per heavy atom. The molecule has 0 bridgehead atoms. The summed E-state index contributed by atoms with van der Waals surface area (Å²) in [4.78, 5) is 10.7. The van der Waals surface area contributed by atoms with Crippen LogP contribution in [0.15, 0.2) is 18.2 Å². The monoisotopic (exact) mass is 536 g/mol. The second-order valence-electron chi connectivity index (χ2n) is 10.5. The quantitative estimate of drug-likeness (QED) is 0.0530. The normalized spacial score (nSPS) is 11.3. The molecule has 0 saturated carbocycles. The van der Waals surface area contributed by atoms with Crippen LogP contribution < -0.4 is 4.74 Å². The van der Waals surface area contributed by atoms with Crippen LogP contribution >= 0.6 is 0 Å². The lowest BCUT2D eigenvalue weighted by atomic mass is 10.0. The van der Waals surface area contributed by atoms with Crippen molar-refractivity contribution in [2.45, 2.75) is 149 Å². The summed E-state index contributed by atoms with van der Waals surface area (Å²) in [5, 5.41) is 19.0. The smallest absolute Gasteiger partial charge is 0.504 e. The number of carbonyl (C=O) groups is 1. The van der Waals surface area contributed by atoms with E-state index in [2.05, 4.69) is 18.6 Å². The number of para-hydroxylation sites is 1. The number of unbranched alkanes of at least 4 members (excludes halogenated alkanes) is 15. The highest BCUT2D eigenvalue weighted by Gasteiger charge is 2.12. The van der Waals surface area contributed by atoms with Crippen molar-refractivity contribution < 1.29 is 29.2 Å². The number of phenols is 1. The van der Waals surface area contributed by atoms with Crippen LogP contribution in [0.1, 0.15) is 141 Å². The molecule has 0 spiro atoms. The lowest BCUT2D eigenvalue weighted by molar-refractivity contribution is -0.148. The molecule has 0 amide bonds. The highest BCUT2D eigenvalue weighted by Crippen LogP contribution is 2.31. The van der Waals surface area contributed by atoms with Crippen molar-refractivity contribution in [2.75, 3.05) is 13.2 Å². The fourth-order valence-electron chi connectivity index (χ4n) is 4.69. The summed E-state index contributed by atoms with van der Waals surface area (Å²) in [7, 11) is 0. The van der Waals surface area contributed by atoms with Gasteiger partial charge in [0.1, 0.15) is 0 Å². The first-order chi connectivity index (χ1) is 18.6. The van der Waals surface area contributed by atoms with Crippen LogP contribution in [0.25, 0.3) is 0 Å². The fraction of sp³-hybridized carbons (Fsp3) is 0.781. The van der Waals surface area contributed by atoms with E-state index in [9.17, 15) is 9.90 Å². The molecule has 6 nitrogen and oxygen atoms in total. The summed E-state index contributed by atoms with van der Waals surface area (Å²) in [6, 6.07) is 5.00. The van der Waals surface area contributed by atoms with Crippen LogP contribution in [0.3, 0.4) is 0 Å². The molecule has 0 heterocycles. The Bertz CT molecular complexity index is 675. The van der Waals surface area contributed by atoms with Crippen LogP contribution in [-0.4, -0.2) is 35.9 Å². The van der Waals surface area contributed by atoms with Crippen molar-refractivity contribution in [3.05, 3.63) is 23.8 Å². The summed E-state index contributed by atoms with van der Waals surface area (Å²) >= 11 is 0. The van der Waals surface area contributed by atoms with Gasteiger partial charge in [0.15, 0.2) is 17.8 Å². The van der Waals surface area contributed by atoms with Gasteiger partial charge in [0.05, 0.1) is 0 Å². The van der Waals surface area contributed by atoms with E-state index in [0.717, 1.165) is 63.7 Å². The van der Waals surface area contributed by atoms with Gasteiger partial charge in [0.2, 0.25) is 0 Å². The Labute approximate surface area is 232 Å². The van der Waals surface area contributed by atoms with Crippen molar-refractivity contribution in [3.8, 4) is 11.5 Å². The topological polar surface area (TPSA) is 85.2 Å². The largest absolute Gasteiger partial charge is 0.511 e. The molecule has 38 heavy (non-hydrogen) atoms. The summed E-state index contributed by atoms with van der Waals surface area (Å²) < 4.78 is 16.9. The molecule has 0 aliphatic rings. The average Bonchev–Trinajstić information content (AvgIpc) is 2.90. The Hall–Kier alpha value is -1.79. The molecule has 0 aliphatic heterocycles. The van der Waals surface area contributed by atoms with E-state index in [1.165, 1.54) is 83.1 Å². The van der Waals surface area contributed by atoms with Gasteiger partial charge in [-0.25, -0.2) is 4.79 Å². The molecule has 6 heteroatoms. The first kappa shape index (κ1) is 34.2. The van der Waals surface area contributed by atoms with Gasteiger partial charge >= 0.3 is 6.16 Å². The van der Waals surface area contributed by atoms with Gasteiger partial charge in [-0.05, 0) is 50.2 Å². The molecule has 1 aromatic carbocycles. The number of ether oxygens (including phenoxy) is 3. The zero-order chi connectivity index (χ0) is 27.7. The number of benzene rings is 1. The van der Waals surface area contributed by atoms with Crippen LogP contribution in [0.5, 0.6) is 11.5 Å². The second-order valence-corrected chi connectivity index (χ2v) is 10.5. The molecule has 0 aliphatic carbocycles. The Balaban J connectivity index is 2.21. The molecule has 2 N–H and O–H groups in total. The molecule has 0 unspecified atom stereocenters. The molecule has 0 aromatic heterocycles. The zero-order valence-electron chi connectivity index (χ0n) is 24.4. The molecule has 1 aromatic rings. The summed E-state index contributed by atoms with van der Waals surface area (Å²) in [5.41, 5.74) is 0.733. The van der Waals surface area contributed by atoms with Gasteiger partial charge in [0, 0.05) is 13.2 Å². The molecule has 0 fully saturated rings. The molecule has 1 rings (SSSR count). The number of phenolic OH excluding ortho intramolecular Hbond substituents is 1. The maximum atomic E-state index is 10.7. The number of hydrogen-bond donors (Lipinski definition) is 2. The number of aromatic hydroxyl groups is 1. The van der Waals surface area contributed by atoms with E-state index in [4.69, 9.17) is 14.6 Å².